The molecule has 2 aliphatic carbocycles. The summed E-state index contributed by atoms with van der Waals surface area (Å²) in [5, 5.41) is 26.1. The van der Waals surface area contributed by atoms with E-state index in [1.807, 2.05) is 0 Å². The van der Waals surface area contributed by atoms with Gasteiger partial charge in [0.05, 0.1) is 35.4 Å². The number of nitrogens with one attached hydrogen (secondary N) is 4. The van der Waals surface area contributed by atoms with E-state index in [2.05, 4.69) is 31.6 Å². The summed E-state index contributed by atoms with van der Waals surface area (Å²) >= 11 is 0. The van der Waals surface area contributed by atoms with Crippen LogP contribution in [0, 0.1) is 34.3 Å². The number of aliphatic hydroxyl groups is 1. The summed E-state index contributed by atoms with van der Waals surface area (Å²) in [7, 11) is 0. The van der Waals surface area contributed by atoms with Crippen LogP contribution in [0.4, 0.5) is 52.7 Å². The minimum Gasteiger partial charge on any atom is -0.390 e. The predicted octanol–water partition coefficient (Wildman–Crippen LogP) is 7.37. The van der Waals surface area contributed by atoms with Crippen LogP contribution in [0.1, 0.15) is 77.6 Å². The van der Waals surface area contributed by atoms with Gasteiger partial charge >= 0.3 is 25.5 Å². The number of nitrogens with zero attached hydrogens (tertiary/aromatic N) is 5. The SMILES string of the molecule is CC(C)(C(NC(=O)C1CC1)C(=O)NC(Cc1ccc(-c2cnn(C(F)F)c2)cc1)C(O)CN(Cc1c(F)cc(-c2cnn(C(F)F)c2)cc1F)NC(=O)C(NC(=O)C1CC1)C(C)(C)C(F)(F)F)C(F)(F)F. The van der Waals surface area contributed by atoms with Gasteiger partial charge < -0.3 is 21.1 Å². The standard InChI is InChI=1S/C45H49F12N9O5/c1-42(2,44(52,53)54)34(61-36(68)24-9-10-24)38(70)60-32(13-22-5-7-23(8-6-22)27-16-58-65(18-27)40(48)49)33(67)21-64(63-39(71)35(43(3,4)45(55,56)57)62-37(69)25-11-12-25)20-29-30(46)14-26(15-31(29)47)28-17-59-66(19-28)41(50)51/h5-8,14-19,24-25,32-35,40-41,67H,9-13,20-21H2,1-4H3,(H,60,70)(H,61,68)(H,62,69)(H,63,71). The minimum atomic E-state index is -5.17. The Balaban J connectivity index is 1.38. The van der Waals surface area contributed by atoms with Crippen molar-refractivity contribution in [1.82, 2.24) is 45.9 Å². The second kappa shape index (κ2) is 20.9. The molecule has 0 bridgehead atoms. The number of halogens is 12. The van der Waals surface area contributed by atoms with Crippen molar-refractivity contribution >= 4 is 23.6 Å². The lowest BCUT2D eigenvalue weighted by Gasteiger charge is -2.38. The molecule has 2 aromatic carbocycles. The number of benzene rings is 2. The van der Waals surface area contributed by atoms with Crippen LogP contribution in [-0.4, -0.2) is 96.4 Å². The van der Waals surface area contributed by atoms with Crippen molar-refractivity contribution in [2.75, 3.05) is 6.54 Å². The van der Waals surface area contributed by atoms with Gasteiger partial charge in [0.1, 0.15) is 23.7 Å². The molecule has 14 nitrogen and oxygen atoms in total. The first kappa shape index (κ1) is 54.2. The Hall–Kier alpha value is -6.18. The van der Waals surface area contributed by atoms with Crippen molar-refractivity contribution < 1.29 is 77.0 Å². The highest BCUT2D eigenvalue weighted by Crippen LogP contribution is 2.43. The maximum absolute atomic E-state index is 16.0. The molecule has 0 spiro atoms. The second-order valence-electron chi connectivity index (χ2n) is 18.7. The van der Waals surface area contributed by atoms with Gasteiger partial charge in [-0.2, -0.15) is 54.1 Å². The molecule has 0 saturated heterocycles. The van der Waals surface area contributed by atoms with E-state index < -0.39 is 133 Å². The van der Waals surface area contributed by atoms with E-state index in [1.165, 1.54) is 24.3 Å². The van der Waals surface area contributed by atoms with E-state index in [1.54, 1.807) is 0 Å². The summed E-state index contributed by atoms with van der Waals surface area (Å²) in [6.45, 7) is -5.84. The molecule has 2 aromatic heterocycles. The molecule has 26 heteroatoms. The molecule has 2 saturated carbocycles. The van der Waals surface area contributed by atoms with Crippen LogP contribution < -0.4 is 21.4 Å². The summed E-state index contributed by atoms with van der Waals surface area (Å²) in [5.74, 6) is -9.09. The van der Waals surface area contributed by atoms with Crippen molar-refractivity contribution in [3.8, 4) is 22.3 Å². The molecule has 0 aliphatic heterocycles. The number of aromatic nitrogens is 4. The van der Waals surface area contributed by atoms with Crippen molar-refractivity contribution in [1.29, 1.82) is 0 Å². The third kappa shape index (κ3) is 12.8. The maximum Gasteiger partial charge on any atom is 0.396 e. The van der Waals surface area contributed by atoms with Crippen molar-refractivity contribution in [2.24, 2.45) is 22.7 Å². The molecule has 0 radical (unpaired) electrons. The lowest BCUT2D eigenvalue weighted by molar-refractivity contribution is -0.222. The highest BCUT2D eigenvalue weighted by molar-refractivity contribution is 5.91. The van der Waals surface area contributed by atoms with Crippen LogP contribution >= 0.6 is 0 Å². The van der Waals surface area contributed by atoms with Crippen LogP contribution in [0.2, 0.25) is 0 Å². The van der Waals surface area contributed by atoms with E-state index in [4.69, 9.17) is 0 Å². The molecule has 5 N–H and O–H groups in total. The monoisotopic (exact) mass is 1020 g/mol. The Morgan fingerprint density at radius 2 is 1.11 bits per heavy atom. The first-order valence-corrected chi connectivity index (χ1v) is 22.0. The largest absolute Gasteiger partial charge is 0.396 e. The van der Waals surface area contributed by atoms with Gasteiger partial charge in [0.15, 0.2) is 0 Å². The second-order valence-corrected chi connectivity index (χ2v) is 18.7. The van der Waals surface area contributed by atoms with Crippen LogP contribution in [0.25, 0.3) is 22.3 Å². The third-order valence-electron chi connectivity index (χ3n) is 12.5. The number of hydrogen-bond acceptors (Lipinski definition) is 8. The number of carbonyl (C=O) groups excluding carboxylic acids is 4. The van der Waals surface area contributed by atoms with E-state index in [0.717, 1.165) is 24.8 Å². The van der Waals surface area contributed by atoms with Crippen LogP contribution in [0.5, 0.6) is 0 Å². The highest BCUT2D eigenvalue weighted by Gasteiger charge is 2.57. The Morgan fingerprint density at radius 3 is 1.52 bits per heavy atom. The Kier molecular flexibility index (Phi) is 15.9. The van der Waals surface area contributed by atoms with E-state index in [9.17, 15) is 68.2 Å². The fraction of sp³-hybridized carbons (Fsp3) is 0.511. The van der Waals surface area contributed by atoms with Gasteiger partial charge in [0.2, 0.25) is 17.7 Å². The summed E-state index contributed by atoms with van der Waals surface area (Å²) in [4.78, 5) is 54.0. The molecule has 2 aliphatic rings. The van der Waals surface area contributed by atoms with Crippen LogP contribution in [0.15, 0.2) is 61.2 Å². The van der Waals surface area contributed by atoms with Gasteiger partial charge in [-0.3, -0.25) is 24.6 Å². The number of carbonyl (C=O) groups is 4. The first-order valence-electron chi connectivity index (χ1n) is 22.0. The normalized spacial score (nSPS) is 16.5. The number of hydrogen-bond donors (Lipinski definition) is 5. The van der Waals surface area contributed by atoms with E-state index in [-0.39, 0.29) is 26.9 Å². The molecular formula is C45H49F12N9O5. The molecule has 2 fully saturated rings. The van der Waals surface area contributed by atoms with Gasteiger partial charge in [-0.15, -0.1) is 0 Å². The molecular weight excluding hydrogens is 975 g/mol. The Morgan fingerprint density at radius 1 is 0.676 bits per heavy atom. The molecule has 6 rings (SSSR count). The maximum atomic E-state index is 16.0. The predicted molar refractivity (Wildman–Crippen MR) is 227 cm³/mol. The molecule has 4 amide bonds. The number of amides is 4. The summed E-state index contributed by atoms with van der Waals surface area (Å²) in [6, 6.07) is 0.444. The highest BCUT2D eigenvalue weighted by atomic mass is 19.4. The molecule has 2 heterocycles. The lowest BCUT2D eigenvalue weighted by Crippen LogP contribution is -2.64. The number of aliphatic hydroxyl groups excluding tert-OH is 1. The first-order chi connectivity index (χ1) is 33.0. The molecule has 4 aromatic rings. The van der Waals surface area contributed by atoms with Gasteiger partial charge in [0, 0.05) is 54.0 Å². The Labute approximate surface area is 397 Å². The number of rotatable bonds is 21. The topological polar surface area (TPSA) is 176 Å². The zero-order valence-corrected chi connectivity index (χ0v) is 38.2. The quantitative estimate of drug-likeness (QED) is 0.0425. The summed E-state index contributed by atoms with van der Waals surface area (Å²) < 4.78 is 173. The summed E-state index contributed by atoms with van der Waals surface area (Å²) in [5.41, 5.74) is -4.52. The van der Waals surface area contributed by atoms with Crippen molar-refractivity contribution in [3.63, 3.8) is 0 Å². The number of hydrazine groups is 1. The van der Waals surface area contributed by atoms with Crippen LogP contribution in [-0.2, 0) is 32.1 Å². The van der Waals surface area contributed by atoms with Crippen LogP contribution in [0.3, 0.4) is 0 Å². The minimum absolute atomic E-state index is 0.172. The average molecular weight is 1020 g/mol. The average Bonchev–Trinajstić information content (AvgIpc) is 4.21. The molecule has 4 atom stereocenters. The zero-order chi connectivity index (χ0) is 52.5. The fourth-order valence-electron chi connectivity index (χ4n) is 7.34. The van der Waals surface area contributed by atoms with Crippen molar-refractivity contribution in [3.05, 3.63) is 83.9 Å². The number of alkyl halides is 10. The van der Waals surface area contributed by atoms with Gasteiger partial charge in [-0.05, 0) is 88.6 Å². The van der Waals surface area contributed by atoms with E-state index >= 15 is 8.78 Å². The summed E-state index contributed by atoms with van der Waals surface area (Å²) in [6.07, 6.45) is -7.88. The zero-order valence-electron chi connectivity index (χ0n) is 38.2. The molecule has 388 valence electrons. The third-order valence-corrected chi connectivity index (χ3v) is 12.5. The smallest absolute Gasteiger partial charge is 0.390 e. The van der Waals surface area contributed by atoms with E-state index in [0.29, 0.717) is 80.8 Å². The lowest BCUT2D eigenvalue weighted by atomic mass is 9.82. The van der Waals surface area contributed by atoms with Crippen molar-refractivity contribution in [2.45, 2.75) is 116 Å². The Bertz CT molecular complexity index is 2530. The van der Waals surface area contributed by atoms with Gasteiger partial charge in [-0.25, -0.2) is 23.2 Å². The molecule has 4 unspecified atom stereocenters. The van der Waals surface area contributed by atoms with Gasteiger partial charge in [0.25, 0.3) is 5.91 Å². The fourth-order valence-corrected chi connectivity index (χ4v) is 7.34. The van der Waals surface area contributed by atoms with Gasteiger partial charge in [-0.1, -0.05) is 24.3 Å². The molecule has 71 heavy (non-hydrogen) atoms.